The Balaban J connectivity index is 1.12. The van der Waals surface area contributed by atoms with Crippen LogP contribution in [0.1, 0.15) is 118 Å². The molecule has 10 heteroatoms. The van der Waals surface area contributed by atoms with E-state index < -0.39 is 24.2 Å². The van der Waals surface area contributed by atoms with Crippen molar-refractivity contribution in [2.75, 3.05) is 40.9 Å². The van der Waals surface area contributed by atoms with Crippen LogP contribution in [0.2, 0.25) is 0 Å². The maximum atomic E-state index is 14.3. The second kappa shape index (κ2) is 17.2. The monoisotopic (exact) mass is 731 g/mol. The third-order valence-electron chi connectivity index (χ3n) is 15.5. The number of nitrogens with one attached hydrogen (secondary N) is 2. The van der Waals surface area contributed by atoms with E-state index in [9.17, 15) is 19.8 Å². The number of hydrogen-bond donors (Lipinski definition) is 4. The minimum absolute atomic E-state index is 0.0116. The van der Waals surface area contributed by atoms with E-state index in [1.165, 1.54) is 38.5 Å². The summed E-state index contributed by atoms with van der Waals surface area (Å²) in [5.41, 5.74) is 0.325. The maximum Gasteiger partial charge on any atom is 0.240 e. The van der Waals surface area contributed by atoms with E-state index in [1.807, 2.05) is 7.11 Å². The van der Waals surface area contributed by atoms with Crippen LogP contribution in [-0.4, -0.2) is 109 Å². The molecule has 52 heavy (non-hydrogen) atoms. The van der Waals surface area contributed by atoms with E-state index in [-0.39, 0.29) is 48.4 Å². The molecular formula is C42H74N4O6. The second-order valence-electron chi connectivity index (χ2n) is 19.2. The fourth-order valence-electron chi connectivity index (χ4n) is 12.5. The molecule has 1 heterocycles. The summed E-state index contributed by atoms with van der Waals surface area (Å²) in [6, 6.07) is -0.362. The third kappa shape index (κ3) is 8.42. The van der Waals surface area contributed by atoms with Gasteiger partial charge in [0.25, 0.3) is 0 Å². The number of fused-ring (bicyclic) bond motifs is 2. The van der Waals surface area contributed by atoms with Crippen molar-refractivity contribution in [2.45, 2.75) is 154 Å². The van der Waals surface area contributed by atoms with Gasteiger partial charge in [-0.3, -0.25) is 14.4 Å². The van der Waals surface area contributed by atoms with E-state index in [1.54, 1.807) is 12.0 Å². The van der Waals surface area contributed by atoms with E-state index in [2.05, 4.69) is 50.4 Å². The number of methoxy groups -OCH3 is 1. The maximum absolute atomic E-state index is 14.3. The van der Waals surface area contributed by atoms with Gasteiger partial charge in [-0.1, -0.05) is 59.3 Å². The lowest BCUT2D eigenvalue weighted by atomic mass is 9.45. The average Bonchev–Trinajstić information content (AvgIpc) is 3.50. The molecule has 2 bridgehead atoms. The van der Waals surface area contributed by atoms with Crippen molar-refractivity contribution in [1.29, 1.82) is 0 Å². The topological polar surface area (TPSA) is 124 Å². The number of hydrogen-bond acceptors (Lipinski definition) is 8. The highest BCUT2D eigenvalue weighted by Crippen LogP contribution is 2.61. The fraction of sp³-hybridized carbons (Fsp3) is 0.952. The summed E-state index contributed by atoms with van der Waals surface area (Å²) in [6.07, 6.45) is 14.2. The van der Waals surface area contributed by atoms with Crippen LogP contribution >= 0.6 is 0 Å². The van der Waals surface area contributed by atoms with Crippen molar-refractivity contribution in [1.82, 2.24) is 20.6 Å². The highest BCUT2D eigenvalue weighted by Gasteiger charge is 2.58. The molecule has 0 spiro atoms. The Morgan fingerprint density at radius 2 is 1.71 bits per heavy atom. The van der Waals surface area contributed by atoms with Crippen LogP contribution in [0.3, 0.4) is 0 Å². The Bertz CT molecular complexity index is 1190. The third-order valence-corrected chi connectivity index (χ3v) is 15.5. The SMILES string of the molecule is COC1C(CN2O[C@@H](CO)C(C(C)O)[C@H]2C(=O)N[C@H]2C[C@H]3C[C@@H]([C@@H]2C)C3(C)C)CCCC1C1CCCC(C(=O)N[C@H](CN(C)C)C2CCCCC2)C1. The van der Waals surface area contributed by atoms with Crippen molar-refractivity contribution in [3.05, 3.63) is 0 Å². The number of nitrogens with zero attached hydrogens (tertiary/aromatic N) is 2. The van der Waals surface area contributed by atoms with Crippen LogP contribution in [0.15, 0.2) is 0 Å². The van der Waals surface area contributed by atoms with Gasteiger partial charge in [-0.15, -0.1) is 0 Å². The van der Waals surface area contributed by atoms with Gasteiger partial charge in [0.05, 0.1) is 18.8 Å². The normalized spacial score (nSPS) is 40.9. The average molecular weight is 731 g/mol. The Labute approximate surface area is 314 Å². The highest BCUT2D eigenvalue weighted by molar-refractivity contribution is 5.83. The lowest BCUT2D eigenvalue weighted by molar-refractivity contribution is -0.193. The van der Waals surface area contributed by atoms with Crippen LogP contribution in [-0.2, 0) is 19.2 Å². The number of ether oxygens (including phenoxy) is 1. The van der Waals surface area contributed by atoms with Crippen molar-refractivity contribution >= 4 is 11.8 Å². The van der Waals surface area contributed by atoms with Crippen LogP contribution in [0, 0.1) is 58.7 Å². The summed E-state index contributed by atoms with van der Waals surface area (Å²) < 4.78 is 6.37. The standard InChI is InChI=1S/C42H74N4O6/c1-25-33-20-31(42(33,3)4)21-34(25)43-41(50)38-37(26(2)48)36(24-47)52-46(38)22-30-17-12-18-32(39(30)51-7)28-15-11-16-29(19-28)40(49)44-35(23-45(5)6)27-13-9-8-10-14-27/h25-39,47-48H,8-24H2,1-7H3,(H,43,50)(H,44,49)/t25-,26?,28?,29?,30?,31+,32?,33-,34-,35+,36-,37?,38-,39?/m0/s1. The molecule has 0 radical (unpaired) electrons. The zero-order valence-corrected chi connectivity index (χ0v) is 33.6. The first-order valence-corrected chi connectivity index (χ1v) is 21.3. The molecule has 0 aromatic rings. The molecule has 1 aliphatic heterocycles. The summed E-state index contributed by atoms with van der Waals surface area (Å²) in [4.78, 5) is 36.8. The summed E-state index contributed by atoms with van der Waals surface area (Å²) in [5, 5.41) is 30.1. The first kappa shape index (κ1) is 40.4. The Morgan fingerprint density at radius 3 is 2.35 bits per heavy atom. The van der Waals surface area contributed by atoms with Crippen molar-refractivity contribution in [3.63, 3.8) is 0 Å². The molecule has 7 rings (SSSR count). The van der Waals surface area contributed by atoms with Gasteiger partial charge in [0, 0.05) is 50.0 Å². The van der Waals surface area contributed by atoms with Crippen LogP contribution < -0.4 is 10.6 Å². The number of carbonyl (C=O) groups is 2. The van der Waals surface area contributed by atoms with E-state index in [4.69, 9.17) is 9.57 Å². The van der Waals surface area contributed by atoms with Gasteiger partial charge in [-0.25, -0.2) is 0 Å². The van der Waals surface area contributed by atoms with Gasteiger partial charge < -0.3 is 30.5 Å². The molecule has 4 N–H and O–H groups in total. The van der Waals surface area contributed by atoms with Crippen molar-refractivity contribution in [3.8, 4) is 0 Å². The number of aliphatic hydroxyl groups excluding tert-OH is 2. The molecule has 0 aromatic heterocycles. The molecule has 0 aromatic carbocycles. The number of hydroxylamine groups is 2. The molecule has 7 aliphatic rings. The predicted octanol–water partition coefficient (Wildman–Crippen LogP) is 5.01. The number of rotatable bonds is 13. The molecular weight excluding hydrogens is 656 g/mol. The molecule has 10 nitrogen and oxygen atoms in total. The molecule has 2 amide bonds. The van der Waals surface area contributed by atoms with Crippen molar-refractivity contribution < 1.29 is 29.4 Å². The molecule has 1 saturated heterocycles. The van der Waals surface area contributed by atoms with Gasteiger partial charge in [-0.2, -0.15) is 5.06 Å². The van der Waals surface area contributed by atoms with Crippen LogP contribution in [0.25, 0.3) is 0 Å². The lowest BCUT2D eigenvalue weighted by Gasteiger charge is -2.62. The van der Waals surface area contributed by atoms with Gasteiger partial charge in [-0.05, 0) is 113 Å². The molecule has 7 unspecified atom stereocenters. The Kier molecular flexibility index (Phi) is 13.4. The van der Waals surface area contributed by atoms with Crippen LogP contribution in [0.5, 0.6) is 0 Å². The second-order valence-corrected chi connectivity index (χ2v) is 19.2. The summed E-state index contributed by atoms with van der Waals surface area (Å²) in [7, 11) is 6.04. The molecule has 298 valence electrons. The van der Waals surface area contributed by atoms with E-state index in [0.717, 1.165) is 57.9 Å². The fourth-order valence-corrected chi connectivity index (χ4v) is 12.5. The molecule has 7 fully saturated rings. The number of aliphatic hydroxyl groups is 2. The zero-order valence-electron chi connectivity index (χ0n) is 33.6. The van der Waals surface area contributed by atoms with E-state index >= 15 is 0 Å². The van der Waals surface area contributed by atoms with Gasteiger partial charge >= 0.3 is 0 Å². The lowest BCUT2D eigenvalue weighted by Crippen LogP contribution is -2.62. The van der Waals surface area contributed by atoms with Gasteiger partial charge in [0.15, 0.2) is 0 Å². The summed E-state index contributed by atoms with van der Waals surface area (Å²) in [6.45, 7) is 9.88. The Morgan fingerprint density at radius 1 is 0.981 bits per heavy atom. The number of likely N-dealkylation sites (N-methyl/N-ethyl adjacent to an activating group) is 1. The highest BCUT2D eigenvalue weighted by atomic mass is 16.7. The van der Waals surface area contributed by atoms with Crippen LogP contribution in [0.4, 0.5) is 0 Å². The van der Waals surface area contributed by atoms with Gasteiger partial charge in [0.1, 0.15) is 12.1 Å². The smallest absolute Gasteiger partial charge is 0.240 e. The zero-order chi connectivity index (χ0) is 37.3. The molecule has 6 saturated carbocycles. The summed E-state index contributed by atoms with van der Waals surface area (Å²) in [5.74, 6) is 2.73. The minimum atomic E-state index is -0.813. The summed E-state index contributed by atoms with van der Waals surface area (Å²) >= 11 is 0. The number of carbonyl (C=O) groups excluding carboxylic acids is 2. The van der Waals surface area contributed by atoms with Gasteiger partial charge in [0.2, 0.25) is 11.8 Å². The number of amides is 2. The van der Waals surface area contributed by atoms with E-state index in [0.29, 0.717) is 47.5 Å². The largest absolute Gasteiger partial charge is 0.394 e. The van der Waals surface area contributed by atoms with Crippen molar-refractivity contribution in [2.24, 2.45) is 58.7 Å². The molecule has 14 atom stereocenters. The first-order valence-electron chi connectivity index (χ1n) is 21.3. The molecule has 6 aliphatic carbocycles. The first-order chi connectivity index (χ1) is 24.8. The predicted molar refractivity (Wildman–Crippen MR) is 203 cm³/mol. The quantitative estimate of drug-likeness (QED) is 0.209. The Hall–Kier alpha value is -1.30. The minimum Gasteiger partial charge on any atom is -0.394 e.